The van der Waals surface area contributed by atoms with Crippen LogP contribution < -0.4 is 0 Å². The van der Waals surface area contributed by atoms with Gasteiger partial charge in [-0.25, -0.2) is 0 Å². The Morgan fingerprint density at radius 2 is 1.88 bits per heavy atom. The van der Waals surface area contributed by atoms with Crippen LogP contribution in [0.1, 0.15) is 0 Å². The van der Waals surface area contributed by atoms with Crippen LogP contribution in [0.3, 0.4) is 0 Å². The SMILES string of the molecule is BrCC1OCCO1.[MgH2]. The molecule has 0 saturated carbocycles. The highest BCUT2D eigenvalue weighted by Gasteiger charge is 2.12. The summed E-state index contributed by atoms with van der Waals surface area (Å²) in [5, 5.41) is 0.785. The van der Waals surface area contributed by atoms with Crippen molar-refractivity contribution in [1.29, 1.82) is 0 Å². The number of alkyl halides is 1. The summed E-state index contributed by atoms with van der Waals surface area (Å²) in [5.74, 6) is 0. The van der Waals surface area contributed by atoms with E-state index in [1.165, 1.54) is 0 Å². The standard InChI is InChI=1S/C4H7BrO2.Mg.2H/c5-3-4-6-1-2-7-4;;;/h4H,1-3H2;;;. The molecular formula is C4H9BrMgO2. The minimum absolute atomic E-state index is 0. The molecule has 1 rings (SSSR count). The van der Waals surface area contributed by atoms with Crippen LogP contribution in [-0.4, -0.2) is 47.9 Å². The Morgan fingerprint density at radius 1 is 1.38 bits per heavy atom. The fourth-order valence-electron chi connectivity index (χ4n) is 0.496. The average Bonchev–Trinajstić information content (AvgIpc) is 2.14. The van der Waals surface area contributed by atoms with E-state index in [9.17, 15) is 0 Å². The van der Waals surface area contributed by atoms with Gasteiger partial charge < -0.3 is 9.47 Å². The molecule has 1 fully saturated rings. The first-order valence-corrected chi connectivity index (χ1v) is 3.35. The molecule has 0 amide bonds. The Kier molecular flexibility index (Phi) is 5.72. The van der Waals surface area contributed by atoms with Crippen LogP contribution in [0.15, 0.2) is 0 Å². The Hall–Kier alpha value is 1.17. The van der Waals surface area contributed by atoms with E-state index >= 15 is 0 Å². The molecule has 0 radical (unpaired) electrons. The molecule has 0 bridgehead atoms. The predicted molar refractivity (Wildman–Crippen MR) is 38.0 cm³/mol. The molecule has 0 aliphatic carbocycles. The van der Waals surface area contributed by atoms with Gasteiger partial charge >= 0.3 is 23.1 Å². The number of hydrogen-bond donors (Lipinski definition) is 0. The maximum atomic E-state index is 5.03. The number of halogens is 1. The third-order valence-electron chi connectivity index (χ3n) is 0.817. The lowest BCUT2D eigenvalue weighted by molar-refractivity contribution is -0.0205. The second kappa shape index (κ2) is 4.99. The van der Waals surface area contributed by atoms with Gasteiger partial charge in [-0.1, -0.05) is 15.9 Å². The Balaban J connectivity index is 0.000000490. The maximum Gasteiger partial charge on any atom is 0.316 e. The van der Waals surface area contributed by atoms with Crippen LogP contribution in [0.4, 0.5) is 0 Å². The van der Waals surface area contributed by atoms with Crippen LogP contribution >= 0.6 is 15.9 Å². The van der Waals surface area contributed by atoms with Crippen molar-refractivity contribution in [3.8, 4) is 0 Å². The highest BCUT2D eigenvalue weighted by Crippen LogP contribution is 2.04. The van der Waals surface area contributed by atoms with Crippen molar-refractivity contribution >= 4 is 39.0 Å². The van der Waals surface area contributed by atoms with Crippen molar-refractivity contribution in [3.63, 3.8) is 0 Å². The Labute approximate surface area is 73.2 Å². The van der Waals surface area contributed by atoms with Crippen LogP contribution in [-0.2, 0) is 9.47 Å². The van der Waals surface area contributed by atoms with Gasteiger partial charge in [0, 0.05) is 0 Å². The molecule has 0 atom stereocenters. The smallest absolute Gasteiger partial charge is 0.316 e. The zero-order chi connectivity index (χ0) is 5.11. The van der Waals surface area contributed by atoms with Crippen LogP contribution in [0.2, 0.25) is 0 Å². The van der Waals surface area contributed by atoms with Crippen molar-refractivity contribution in [2.24, 2.45) is 0 Å². The summed E-state index contributed by atoms with van der Waals surface area (Å²) < 4.78 is 10.1. The minimum Gasteiger partial charge on any atom is -0.349 e. The number of hydrogen-bond acceptors (Lipinski definition) is 2. The molecule has 0 spiro atoms. The van der Waals surface area contributed by atoms with Crippen LogP contribution in [0.5, 0.6) is 0 Å². The van der Waals surface area contributed by atoms with E-state index in [-0.39, 0.29) is 29.3 Å². The van der Waals surface area contributed by atoms with Crippen molar-refractivity contribution in [2.45, 2.75) is 6.29 Å². The summed E-state index contributed by atoms with van der Waals surface area (Å²) in [6.45, 7) is 1.49. The van der Waals surface area contributed by atoms with Crippen LogP contribution in [0, 0.1) is 0 Å². The monoisotopic (exact) mass is 192 g/mol. The third kappa shape index (κ3) is 2.64. The summed E-state index contributed by atoms with van der Waals surface area (Å²) in [6.07, 6.45) is 0.0139. The molecule has 0 aromatic rings. The molecule has 0 aromatic carbocycles. The van der Waals surface area contributed by atoms with Crippen LogP contribution in [0.25, 0.3) is 0 Å². The average molecular weight is 193 g/mol. The molecule has 1 aliphatic rings. The first-order valence-electron chi connectivity index (χ1n) is 2.22. The van der Waals surface area contributed by atoms with Gasteiger partial charge in [0.15, 0.2) is 6.29 Å². The highest BCUT2D eigenvalue weighted by molar-refractivity contribution is 9.09. The maximum absolute atomic E-state index is 5.03. The summed E-state index contributed by atoms with van der Waals surface area (Å²) in [4.78, 5) is 0. The molecule has 4 heteroatoms. The molecule has 1 aliphatic heterocycles. The number of rotatable bonds is 1. The van der Waals surface area contributed by atoms with Gasteiger partial charge in [0.1, 0.15) is 0 Å². The van der Waals surface area contributed by atoms with Crippen molar-refractivity contribution in [2.75, 3.05) is 18.5 Å². The Bertz CT molecular complexity index is 56.0. The Morgan fingerprint density at radius 3 is 2.12 bits per heavy atom. The topological polar surface area (TPSA) is 18.5 Å². The lowest BCUT2D eigenvalue weighted by atomic mass is 10.8. The van der Waals surface area contributed by atoms with E-state index in [2.05, 4.69) is 15.9 Å². The molecule has 0 aromatic heterocycles. The van der Waals surface area contributed by atoms with Gasteiger partial charge in [0.25, 0.3) is 0 Å². The molecular weight excluding hydrogens is 184 g/mol. The van der Waals surface area contributed by atoms with Gasteiger partial charge in [-0.15, -0.1) is 0 Å². The van der Waals surface area contributed by atoms with Crippen molar-refractivity contribution in [3.05, 3.63) is 0 Å². The number of ether oxygens (including phenoxy) is 2. The second-order valence-corrected chi connectivity index (χ2v) is 1.97. The fraction of sp³-hybridized carbons (Fsp3) is 1.00. The third-order valence-corrected chi connectivity index (χ3v) is 1.35. The van der Waals surface area contributed by atoms with Gasteiger partial charge in [-0.05, 0) is 0 Å². The summed E-state index contributed by atoms with van der Waals surface area (Å²) in [6, 6.07) is 0. The molecule has 1 heterocycles. The largest absolute Gasteiger partial charge is 0.349 e. The molecule has 0 N–H and O–H groups in total. The van der Waals surface area contributed by atoms with Gasteiger partial charge in [-0.3, -0.25) is 0 Å². The van der Waals surface area contributed by atoms with Crippen molar-refractivity contribution in [1.82, 2.24) is 0 Å². The van der Waals surface area contributed by atoms with Gasteiger partial charge in [0.2, 0.25) is 0 Å². The van der Waals surface area contributed by atoms with E-state index < -0.39 is 0 Å². The first-order chi connectivity index (χ1) is 3.43. The molecule has 1 saturated heterocycles. The first kappa shape index (κ1) is 9.17. The van der Waals surface area contributed by atoms with E-state index in [1.807, 2.05) is 0 Å². The zero-order valence-corrected chi connectivity index (χ0v) is 5.48. The molecule has 46 valence electrons. The predicted octanol–water partition coefficient (Wildman–Crippen LogP) is -0.162. The lowest BCUT2D eigenvalue weighted by Gasteiger charge is -2.00. The quantitative estimate of drug-likeness (QED) is 0.425. The fourth-order valence-corrected chi connectivity index (χ4v) is 0.870. The summed E-state index contributed by atoms with van der Waals surface area (Å²) in [5.41, 5.74) is 0. The molecule has 2 nitrogen and oxygen atoms in total. The minimum atomic E-state index is 0. The van der Waals surface area contributed by atoms with E-state index in [0.29, 0.717) is 0 Å². The van der Waals surface area contributed by atoms with E-state index in [4.69, 9.17) is 9.47 Å². The lowest BCUT2D eigenvalue weighted by Crippen LogP contribution is -2.07. The molecule has 0 unspecified atom stereocenters. The van der Waals surface area contributed by atoms with Gasteiger partial charge in [0.05, 0.1) is 18.5 Å². The molecule has 8 heavy (non-hydrogen) atoms. The van der Waals surface area contributed by atoms with E-state index in [0.717, 1.165) is 18.5 Å². The highest BCUT2D eigenvalue weighted by atomic mass is 79.9. The second-order valence-electron chi connectivity index (χ2n) is 1.33. The normalized spacial score (nSPS) is 20.6. The van der Waals surface area contributed by atoms with E-state index in [1.54, 1.807) is 0 Å². The summed E-state index contributed by atoms with van der Waals surface area (Å²) >= 11 is 3.23. The van der Waals surface area contributed by atoms with Crippen molar-refractivity contribution < 1.29 is 9.47 Å². The zero-order valence-electron chi connectivity index (χ0n) is 3.89. The summed E-state index contributed by atoms with van der Waals surface area (Å²) in [7, 11) is 0. The van der Waals surface area contributed by atoms with Gasteiger partial charge in [-0.2, -0.15) is 0 Å².